The smallest absolute Gasteiger partial charge is 0.161 e. The summed E-state index contributed by atoms with van der Waals surface area (Å²) < 4.78 is 10.8. The predicted molar refractivity (Wildman–Crippen MR) is 69.6 cm³/mol. The van der Waals surface area contributed by atoms with E-state index in [0.717, 1.165) is 16.2 Å². The van der Waals surface area contributed by atoms with Gasteiger partial charge in [-0.2, -0.15) is 0 Å². The predicted octanol–water partition coefficient (Wildman–Crippen LogP) is 2.85. The van der Waals surface area contributed by atoms with E-state index in [0.29, 0.717) is 23.7 Å². The third-order valence-electron chi connectivity index (χ3n) is 2.36. The molecule has 4 nitrogen and oxygen atoms in total. The molecule has 0 bridgehead atoms. The van der Waals surface area contributed by atoms with Gasteiger partial charge in [0.15, 0.2) is 11.5 Å². The first kappa shape index (κ1) is 12.6. The van der Waals surface area contributed by atoms with Crippen molar-refractivity contribution in [2.45, 2.75) is 13.5 Å². The third kappa shape index (κ3) is 2.87. The normalized spacial score (nSPS) is 10.1. The Hall–Kier alpha value is -1.88. The molecular weight excluding hydrogens is 250 g/mol. The van der Waals surface area contributed by atoms with Gasteiger partial charge in [0.05, 0.1) is 17.0 Å². The molecule has 1 aromatic carbocycles. The molecule has 18 heavy (non-hydrogen) atoms. The van der Waals surface area contributed by atoms with Crippen molar-refractivity contribution in [3.05, 3.63) is 39.8 Å². The highest BCUT2D eigenvalue weighted by molar-refractivity contribution is 7.11. The summed E-state index contributed by atoms with van der Waals surface area (Å²) in [4.78, 5) is 15.9. The van der Waals surface area contributed by atoms with Crippen molar-refractivity contribution in [2.24, 2.45) is 0 Å². The summed E-state index contributed by atoms with van der Waals surface area (Å²) in [5.74, 6) is 1.18. The van der Waals surface area contributed by atoms with Gasteiger partial charge in [0.2, 0.25) is 0 Å². The molecule has 2 aromatic rings. The summed E-state index contributed by atoms with van der Waals surface area (Å²) in [5, 5.41) is 1.01. The Kier molecular flexibility index (Phi) is 3.94. The summed E-state index contributed by atoms with van der Waals surface area (Å²) >= 11 is 1.59. The Morgan fingerprint density at radius 2 is 2.22 bits per heavy atom. The molecule has 0 fully saturated rings. The zero-order chi connectivity index (χ0) is 13.0. The Balaban J connectivity index is 2.11. The minimum absolute atomic E-state index is 0.447. The fourth-order valence-corrected chi connectivity index (χ4v) is 2.21. The fraction of sp³-hybridized carbons (Fsp3) is 0.231. The van der Waals surface area contributed by atoms with E-state index in [2.05, 4.69) is 4.98 Å². The van der Waals surface area contributed by atoms with Crippen molar-refractivity contribution in [1.82, 2.24) is 4.98 Å². The lowest BCUT2D eigenvalue weighted by Crippen LogP contribution is -1.96. The van der Waals surface area contributed by atoms with Crippen LogP contribution in [0.2, 0.25) is 0 Å². The Labute approximate surface area is 109 Å². The summed E-state index contributed by atoms with van der Waals surface area (Å²) in [6, 6.07) is 5.08. The van der Waals surface area contributed by atoms with E-state index in [1.807, 2.05) is 6.92 Å². The van der Waals surface area contributed by atoms with Gasteiger partial charge in [0.25, 0.3) is 0 Å². The standard InChI is InChI=1S/C13H13NO3S/c1-9-14-6-11(18-9)8-17-12-4-3-10(7-15)5-13(12)16-2/h3-7H,8H2,1-2H3. The molecule has 0 spiro atoms. The maximum absolute atomic E-state index is 10.7. The van der Waals surface area contributed by atoms with E-state index >= 15 is 0 Å². The van der Waals surface area contributed by atoms with Gasteiger partial charge in [-0.05, 0) is 25.1 Å². The number of hydrogen-bond acceptors (Lipinski definition) is 5. The van der Waals surface area contributed by atoms with Crippen molar-refractivity contribution in [2.75, 3.05) is 7.11 Å². The number of aldehydes is 1. The van der Waals surface area contributed by atoms with Gasteiger partial charge in [-0.25, -0.2) is 4.98 Å². The largest absolute Gasteiger partial charge is 0.493 e. The maximum atomic E-state index is 10.7. The first-order chi connectivity index (χ1) is 8.72. The van der Waals surface area contributed by atoms with Crippen LogP contribution in [0.5, 0.6) is 11.5 Å². The van der Waals surface area contributed by atoms with Crippen LogP contribution < -0.4 is 9.47 Å². The number of carbonyl (C=O) groups is 1. The number of aromatic nitrogens is 1. The lowest BCUT2D eigenvalue weighted by atomic mass is 10.2. The van der Waals surface area contributed by atoms with Crippen LogP contribution >= 0.6 is 11.3 Å². The van der Waals surface area contributed by atoms with Gasteiger partial charge in [-0.1, -0.05) is 0 Å². The van der Waals surface area contributed by atoms with Crippen LogP contribution in [-0.2, 0) is 6.61 Å². The van der Waals surface area contributed by atoms with Crippen molar-refractivity contribution in [1.29, 1.82) is 0 Å². The molecule has 0 saturated heterocycles. The van der Waals surface area contributed by atoms with E-state index in [-0.39, 0.29) is 0 Å². The first-order valence-corrected chi connectivity index (χ1v) is 6.22. The molecule has 0 aliphatic carbocycles. The molecule has 0 saturated carbocycles. The number of hydrogen-bond donors (Lipinski definition) is 0. The van der Waals surface area contributed by atoms with Crippen LogP contribution in [0.3, 0.4) is 0 Å². The molecule has 0 atom stereocenters. The van der Waals surface area contributed by atoms with Crippen LogP contribution in [-0.4, -0.2) is 18.4 Å². The van der Waals surface area contributed by atoms with Gasteiger partial charge in [0.1, 0.15) is 12.9 Å². The molecule has 1 heterocycles. The van der Waals surface area contributed by atoms with Crippen molar-refractivity contribution in [3.63, 3.8) is 0 Å². The summed E-state index contributed by atoms with van der Waals surface area (Å²) in [7, 11) is 1.55. The highest BCUT2D eigenvalue weighted by Gasteiger charge is 2.06. The van der Waals surface area contributed by atoms with E-state index in [1.165, 1.54) is 0 Å². The summed E-state index contributed by atoms with van der Waals surface area (Å²) in [5.41, 5.74) is 0.563. The third-order valence-corrected chi connectivity index (χ3v) is 3.25. The molecular formula is C13H13NO3S. The van der Waals surface area contributed by atoms with Crippen LogP contribution in [0.1, 0.15) is 20.2 Å². The van der Waals surface area contributed by atoms with Crippen LogP contribution in [0, 0.1) is 6.92 Å². The number of ether oxygens (including phenoxy) is 2. The van der Waals surface area contributed by atoms with E-state index in [1.54, 1.807) is 42.8 Å². The second-order valence-electron chi connectivity index (χ2n) is 3.66. The van der Waals surface area contributed by atoms with Crippen LogP contribution in [0.25, 0.3) is 0 Å². The first-order valence-electron chi connectivity index (χ1n) is 5.40. The number of nitrogens with zero attached hydrogens (tertiary/aromatic N) is 1. The molecule has 0 amide bonds. The van der Waals surface area contributed by atoms with Gasteiger partial charge in [-0.15, -0.1) is 11.3 Å². The fourth-order valence-electron chi connectivity index (χ4n) is 1.50. The minimum Gasteiger partial charge on any atom is -0.493 e. The zero-order valence-corrected chi connectivity index (χ0v) is 11.0. The summed E-state index contributed by atoms with van der Waals surface area (Å²) in [6.07, 6.45) is 2.57. The van der Waals surface area contributed by atoms with Gasteiger partial charge in [0, 0.05) is 11.8 Å². The van der Waals surface area contributed by atoms with Gasteiger partial charge < -0.3 is 9.47 Å². The molecule has 2 rings (SSSR count). The molecule has 94 valence electrons. The molecule has 0 aliphatic heterocycles. The Morgan fingerprint density at radius 3 is 2.83 bits per heavy atom. The summed E-state index contributed by atoms with van der Waals surface area (Å²) in [6.45, 7) is 2.40. The number of methoxy groups -OCH3 is 1. The second kappa shape index (κ2) is 5.64. The van der Waals surface area contributed by atoms with Gasteiger partial charge >= 0.3 is 0 Å². The number of carbonyl (C=O) groups excluding carboxylic acids is 1. The molecule has 5 heteroatoms. The van der Waals surface area contributed by atoms with Gasteiger partial charge in [-0.3, -0.25) is 4.79 Å². The molecule has 0 N–H and O–H groups in total. The number of rotatable bonds is 5. The van der Waals surface area contributed by atoms with E-state index in [9.17, 15) is 4.79 Å². The molecule has 0 unspecified atom stereocenters. The van der Waals surface area contributed by atoms with Crippen molar-refractivity contribution < 1.29 is 14.3 Å². The number of benzene rings is 1. The second-order valence-corrected chi connectivity index (χ2v) is 4.98. The molecule has 0 aliphatic rings. The van der Waals surface area contributed by atoms with Crippen LogP contribution in [0.15, 0.2) is 24.4 Å². The highest BCUT2D eigenvalue weighted by Crippen LogP contribution is 2.28. The quantitative estimate of drug-likeness (QED) is 0.778. The average Bonchev–Trinajstić information content (AvgIpc) is 2.82. The topological polar surface area (TPSA) is 48.4 Å². The van der Waals surface area contributed by atoms with Crippen molar-refractivity contribution >= 4 is 17.6 Å². The highest BCUT2D eigenvalue weighted by atomic mass is 32.1. The Morgan fingerprint density at radius 1 is 1.39 bits per heavy atom. The Bertz CT molecular complexity index is 551. The number of thiazole rings is 1. The lowest BCUT2D eigenvalue weighted by molar-refractivity contribution is 0.112. The van der Waals surface area contributed by atoms with Crippen LogP contribution in [0.4, 0.5) is 0 Å². The SMILES string of the molecule is COc1cc(C=O)ccc1OCc1cnc(C)s1. The van der Waals surface area contributed by atoms with E-state index < -0.39 is 0 Å². The van der Waals surface area contributed by atoms with E-state index in [4.69, 9.17) is 9.47 Å². The average molecular weight is 263 g/mol. The number of aryl methyl sites for hydroxylation is 1. The monoisotopic (exact) mass is 263 g/mol. The van der Waals surface area contributed by atoms with Crippen molar-refractivity contribution in [3.8, 4) is 11.5 Å². The minimum atomic E-state index is 0.447. The maximum Gasteiger partial charge on any atom is 0.161 e. The zero-order valence-electron chi connectivity index (χ0n) is 10.2. The molecule has 1 aromatic heterocycles. The molecule has 0 radical (unpaired) electrons. The lowest BCUT2D eigenvalue weighted by Gasteiger charge is -2.09.